The molecule has 0 saturated carbocycles. The lowest BCUT2D eigenvalue weighted by Crippen LogP contribution is -2.44. The molecule has 1 aliphatic rings. The first kappa shape index (κ1) is 10.8. The van der Waals surface area contributed by atoms with Crippen LogP contribution in [0.4, 0.5) is 0 Å². The summed E-state index contributed by atoms with van der Waals surface area (Å²) in [5, 5.41) is 2.76. The van der Waals surface area contributed by atoms with Crippen LogP contribution in [-0.4, -0.2) is 5.54 Å². The Bertz CT molecular complexity index is 569. The third-order valence-electron chi connectivity index (χ3n) is 4.45. The van der Waals surface area contributed by atoms with Crippen molar-refractivity contribution in [3.05, 3.63) is 47.5 Å². The van der Waals surface area contributed by atoms with E-state index in [1.807, 2.05) is 0 Å². The zero-order valence-electron chi connectivity index (χ0n) is 10.5. The second-order valence-electron chi connectivity index (χ2n) is 5.58. The van der Waals surface area contributed by atoms with E-state index < -0.39 is 0 Å². The van der Waals surface area contributed by atoms with Crippen molar-refractivity contribution in [2.45, 2.75) is 38.1 Å². The second-order valence-corrected chi connectivity index (χ2v) is 5.58. The maximum atomic E-state index is 6.38. The fourth-order valence-corrected chi connectivity index (χ4v) is 3.00. The molecule has 2 N–H and O–H groups in total. The van der Waals surface area contributed by atoms with E-state index in [2.05, 4.69) is 50.2 Å². The molecule has 88 valence electrons. The minimum atomic E-state index is -0.0601. The van der Waals surface area contributed by atoms with E-state index >= 15 is 0 Å². The van der Waals surface area contributed by atoms with Crippen molar-refractivity contribution >= 4 is 10.8 Å². The molecule has 1 heteroatoms. The molecular formula is C16H19N. The molecule has 0 aliphatic heterocycles. The SMILES string of the molecule is CC1c2ccc3ccccc3c2CCC1(C)N. The van der Waals surface area contributed by atoms with Gasteiger partial charge in [-0.25, -0.2) is 0 Å². The van der Waals surface area contributed by atoms with Gasteiger partial charge in [-0.15, -0.1) is 0 Å². The molecule has 0 heterocycles. The lowest BCUT2D eigenvalue weighted by molar-refractivity contribution is 0.348. The third kappa shape index (κ3) is 1.57. The number of nitrogens with two attached hydrogens (primary N) is 1. The number of fused-ring (bicyclic) bond motifs is 3. The molecule has 0 amide bonds. The monoisotopic (exact) mass is 225 g/mol. The van der Waals surface area contributed by atoms with Crippen molar-refractivity contribution < 1.29 is 0 Å². The van der Waals surface area contributed by atoms with Gasteiger partial charge in [-0.1, -0.05) is 43.3 Å². The summed E-state index contributed by atoms with van der Waals surface area (Å²) in [6, 6.07) is 13.2. The van der Waals surface area contributed by atoms with Crippen LogP contribution in [0.3, 0.4) is 0 Å². The summed E-state index contributed by atoms with van der Waals surface area (Å²) >= 11 is 0. The lowest BCUT2D eigenvalue weighted by atomic mass is 9.71. The van der Waals surface area contributed by atoms with Gasteiger partial charge in [-0.3, -0.25) is 0 Å². The summed E-state index contributed by atoms with van der Waals surface area (Å²) in [6.45, 7) is 4.43. The molecule has 3 rings (SSSR count). The maximum absolute atomic E-state index is 6.38. The number of hydrogen-bond acceptors (Lipinski definition) is 1. The van der Waals surface area contributed by atoms with Crippen molar-refractivity contribution in [2.24, 2.45) is 5.73 Å². The van der Waals surface area contributed by atoms with Gasteiger partial charge < -0.3 is 5.73 Å². The van der Waals surface area contributed by atoms with Crippen LogP contribution in [0.1, 0.15) is 37.3 Å². The van der Waals surface area contributed by atoms with Gasteiger partial charge in [0.05, 0.1) is 0 Å². The Labute approximate surface area is 103 Å². The average molecular weight is 225 g/mol. The standard InChI is InChI=1S/C16H19N/c1-11-13-8-7-12-5-3-4-6-14(12)15(13)9-10-16(11,2)17/h3-8,11H,9-10,17H2,1-2H3. The average Bonchev–Trinajstić information content (AvgIpc) is 2.33. The first-order valence-electron chi connectivity index (χ1n) is 6.39. The van der Waals surface area contributed by atoms with Crippen LogP contribution in [0.2, 0.25) is 0 Å². The van der Waals surface area contributed by atoms with Gasteiger partial charge in [0.1, 0.15) is 0 Å². The summed E-state index contributed by atoms with van der Waals surface area (Å²) in [5.41, 5.74) is 9.28. The number of rotatable bonds is 0. The van der Waals surface area contributed by atoms with Gasteiger partial charge in [0, 0.05) is 5.54 Å². The lowest BCUT2D eigenvalue weighted by Gasteiger charge is -2.38. The van der Waals surface area contributed by atoms with Gasteiger partial charge in [-0.05, 0) is 47.6 Å². The van der Waals surface area contributed by atoms with E-state index in [4.69, 9.17) is 5.73 Å². The summed E-state index contributed by atoms with van der Waals surface area (Å²) < 4.78 is 0. The van der Waals surface area contributed by atoms with E-state index in [9.17, 15) is 0 Å². The minimum absolute atomic E-state index is 0.0601. The number of aryl methyl sites for hydroxylation is 1. The van der Waals surface area contributed by atoms with Gasteiger partial charge in [0.15, 0.2) is 0 Å². The van der Waals surface area contributed by atoms with E-state index in [0.29, 0.717) is 5.92 Å². The molecule has 2 aromatic rings. The molecule has 0 radical (unpaired) electrons. The van der Waals surface area contributed by atoms with Crippen LogP contribution in [0.25, 0.3) is 10.8 Å². The molecule has 0 fully saturated rings. The van der Waals surface area contributed by atoms with Crippen LogP contribution in [0.5, 0.6) is 0 Å². The van der Waals surface area contributed by atoms with Crippen LogP contribution in [0.15, 0.2) is 36.4 Å². The first-order valence-corrected chi connectivity index (χ1v) is 6.39. The molecule has 2 atom stereocenters. The molecular weight excluding hydrogens is 206 g/mol. The Morgan fingerprint density at radius 2 is 1.94 bits per heavy atom. The second kappa shape index (κ2) is 3.58. The largest absolute Gasteiger partial charge is 0.325 e. The van der Waals surface area contributed by atoms with Crippen molar-refractivity contribution in [3.8, 4) is 0 Å². The summed E-state index contributed by atoms with van der Waals surface area (Å²) in [6.07, 6.45) is 2.18. The van der Waals surface area contributed by atoms with E-state index in [-0.39, 0.29) is 5.54 Å². The molecule has 2 unspecified atom stereocenters. The molecule has 0 bridgehead atoms. The minimum Gasteiger partial charge on any atom is -0.325 e. The van der Waals surface area contributed by atoms with Gasteiger partial charge in [-0.2, -0.15) is 0 Å². The highest BCUT2D eigenvalue weighted by Crippen LogP contribution is 2.39. The molecule has 0 aromatic heterocycles. The van der Waals surface area contributed by atoms with Gasteiger partial charge >= 0.3 is 0 Å². The Balaban J connectivity index is 2.26. The van der Waals surface area contributed by atoms with Crippen LogP contribution < -0.4 is 5.73 Å². The Morgan fingerprint density at radius 3 is 2.76 bits per heavy atom. The topological polar surface area (TPSA) is 26.0 Å². The predicted octanol–water partition coefficient (Wildman–Crippen LogP) is 3.61. The molecule has 1 aliphatic carbocycles. The Kier molecular flexibility index (Phi) is 2.27. The Morgan fingerprint density at radius 1 is 1.18 bits per heavy atom. The molecule has 17 heavy (non-hydrogen) atoms. The normalized spacial score (nSPS) is 28.1. The van der Waals surface area contributed by atoms with Crippen molar-refractivity contribution in [1.82, 2.24) is 0 Å². The van der Waals surface area contributed by atoms with Crippen molar-refractivity contribution in [3.63, 3.8) is 0 Å². The van der Waals surface area contributed by atoms with Gasteiger partial charge in [0.2, 0.25) is 0 Å². The number of hydrogen-bond donors (Lipinski definition) is 1. The highest BCUT2D eigenvalue weighted by Gasteiger charge is 2.33. The molecule has 2 aromatic carbocycles. The van der Waals surface area contributed by atoms with E-state index in [1.165, 1.54) is 21.9 Å². The summed E-state index contributed by atoms with van der Waals surface area (Å²) in [5.74, 6) is 0.441. The van der Waals surface area contributed by atoms with Crippen LogP contribution in [0, 0.1) is 0 Å². The van der Waals surface area contributed by atoms with Crippen molar-refractivity contribution in [1.29, 1.82) is 0 Å². The molecule has 0 spiro atoms. The molecule has 1 nitrogen and oxygen atoms in total. The van der Waals surface area contributed by atoms with Crippen molar-refractivity contribution in [2.75, 3.05) is 0 Å². The fourth-order valence-electron chi connectivity index (χ4n) is 3.00. The van der Waals surface area contributed by atoms with Gasteiger partial charge in [0.25, 0.3) is 0 Å². The predicted molar refractivity (Wildman–Crippen MR) is 73.3 cm³/mol. The summed E-state index contributed by atoms with van der Waals surface area (Å²) in [7, 11) is 0. The quantitative estimate of drug-likeness (QED) is 0.728. The first-order chi connectivity index (χ1) is 8.09. The fraction of sp³-hybridized carbons (Fsp3) is 0.375. The Hall–Kier alpha value is -1.34. The zero-order chi connectivity index (χ0) is 12.0. The number of benzene rings is 2. The van der Waals surface area contributed by atoms with E-state index in [1.54, 1.807) is 0 Å². The third-order valence-corrected chi connectivity index (χ3v) is 4.45. The maximum Gasteiger partial charge on any atom is 0.0195 e. The molecule has 0 saturated heterocycles. The van der Waals surface area contributed by atoms with E-state index in [0.717, 1.165) is 12.8 Å². The smallest absolute Gasteiger partial charge is 0.0195 e. The van der Waals surface area contributed by atoms with Crippen LogP contribution >= 0.6 is 0 Å². The highest BCUT2D eigenvalue weighted by molar-refractivity contribution is 5.87. The zero-order valence-corrected chi connectivity index (χ0v) is 10.5. The highest BCUT2D eigenvalue weighted by atomic mass is 14.7. The summed E-state index contributed by atoms with van der Waals surface area (Å²) in [4.78, 5) is 0. The van der Waals surface area contributed by atoms with Crippen LogP contribution in [-0.2, 0) is 6.42 Å².